The Morgan fingerprint density at radius 2 is 1.85 bits per heavy atom. The number of nitrogens with one attached hydrogen (secondary N) is 1. The highest BCUT2D eigenvalue weighted by atomic mass is 19.4. The van der Waals surface area contributed by atoms with Gasteiger partial charge in [0.1, 0.15) is 5.71 Å². The molecule has 0 radical (unpaired) electrons. The summed E-state index contributed by atoms with van der Waals surface area (Å²) in [4.78, 5) is 24.3. The summed E-state index contributed by atoms with van der Waals surface area (Å²) in [5.41, 5.74) is 0.384. The lowest BCUT2D eigenvalue weighted by Crippen LogP contribution is -2.31. The summed E-state index contributed by atoms with van der Waals surface area (Å²) in [5, 5.41) is 0.449. The van der Waals surface area contributed by atoms with Crippen LogP contribution in [0.1, 0.15) is 36.4 Å². The van der Waals surface area contributed by atoms with Crippen molar-refractivity contribution in [3.05, 3.63) is 75.3 Å². The number of aliphatic imine (C=N–C) groups is 1. The van der Waals surface area contributed by atoms with E-state index in [1.54, 1.807) is 24.3 Å². The van der Waals surface area contributed by atoms with E-state index in [1.165, 1.54) is 6.07 Å². The van der Waals surface area contributed by atoms with Crippen LogP contribution in [0.15, 0.2) is 52.3 Å². The van der Waals surface area contributed by atoms with Crippen molar-refractivity contribution in [1.29, 1.82) is 0 Å². The standard InChI is InChI=1S/C20H16F3N3O/c1-19(2)10-11-9-12(20(21,22)23)7-8-13(11)16(26-19)17-24-15-6-4-3-5-14(15)18(27)25-17/h3-9H,10H2,1-2H3,(H,24,25,27). The first-order chi connectivity index (χ1) is 12.6. The summed E-state index contributed by atoms with van der Waals surface area (Å²) in [5.74, 6) is 0.257. The Morgan fingerprint density at radius 3 is 2.59 bits per heavy atom. The average molecular weight is 371 g/mol. The van der Waals surface area contributed by atoms with Crippen molar-refractivity contribution in [1.82, 2.24) is 9.97 Å². The van der Waals surface area contributed by atoms with Crippen molar-refractivity contribution >= 4 is 16.6 Å². The largest absolute Gasteiger partial charge is 0.416 e. The van der Waals surface area contributed by atoms with Crippen LogP contribution >= 0.6 is 0 Å². The molecule has 0 amide bonds. The van der Waals surface area contributed by atoms with Gasteiger partial charge in [-0.2, -0.15) is 13.2 Å². The first-order valence-corrected chi connectivity index (χ1v) is 8.44. The second-order valence-corrected chi connectivity index (χ2v) is 7.25. The molecular formula is C20H16F3N3O. The molecule has 4 nitrogen and oxygen atoms in total. The second kappa shape index (κ2) is 5.77. The van der Waals surface area contributed by atoms with Crippen molar-refractivity contribution in [2.45, 2.75) is 32.0 Å². The first-order valence-electron chi connectivity index (χ1n) is 8.44. The Kier molecular flexibility index (Phi) is 3.73. The molecule has 1 aromatic heterocycles. The van der Waals surface area contributed by atoms with Crippen molar-refractivity contribution in [3.8, 4) is 0 Å². The van der Waals surface area contributed by atoms with Gasteiger partial charge in [0.15, 0.2) is 5.82 Å². The second-order valence-electron chi connectivity index (χ2n) is 7.25. The molecule has 138 valence electrons. The molecule has 1 N–H and O–H groups in total. The summed E-state index contributed by atoms with van der Waals surface area (Å²) in [7, 11) is 0. The van der Waals surface area contributed by atoms with Crippen molar-refractivity contribution in [2.75, 3.05) is 0 Å². The zero-order valence-corrected chi connectivity index (χ0v) is 14.7. The van der Waals surface area contributed by atoms with Gasteiger partial charge in [-0.1, -0.05) is 18.2 Å². The van der Waals surface area contributed by atoms with Gasteiger partial charge in [0, 0.05) is 5.56 Å². The van der Waals surface area contributed by atoms with E-state index >= 15 is 0 Å². The third-order valence-electron chi connectivity index (χ3n) is 4.56. The van der Waals surface area contributed by atoms with Gasteiger partial charge in [-0.15, -0.1) is 0 Å². The van der Waals surface area contributed by atoms with Crippen LogP contribution in [0.5, 0.6) is 0 Å². The number of aromatic amines is 1. The molecule has 7 heteroatoms. The van der Waals surface area contributed by atoms with Crippen molar-refractivity contribution in [2.24, 2.45) is 4.99 Å². The Bertz CT molecular complexity index is 1140. The van der Waals surface area contributed by atoms with Crippen molar-refractivity contribution in [3.63, 3.8) is 0 Å². The number of halogens is 3. The first kappa shape index (κ1) is 17.5. The van der Waals surface area contributed by atoms with Crippen LogP contribution in [0.4, 0.5) is 13.2 Å². The van der Waals surface area contributed by atoms with Crippen LogP contribution in [0.3, 0.4) is 0 Å². The van der Waals surface area contributed by atoms with Crippen LogP contribution in [0.25, 0.3) is 10.9 Å². The number of benzene rings is 2. The molecule has 4 rings (SSSR count). The van der Waals surface area contributed by atoms with E-state index in [9.17, 15) is 18.0 Å². The maximum Gasteiger partial charge on any atom is 0.416 e. The van der Waals surface area contributed by atoms with E-state index in [-0.39, 0.29) is 11.4 Å². The van der Waals surface area contributed by atoms with Crippen molar-refractivity contribution < 1.29 is 13.2 Å². The van der Waals surface area contributed by atoms with Crippen LogP contribution in [-0.2, 0) is 12.6 Å². The minimum absolute atomic E-state index is 0.257. The summed E-state index contributed by atoms with van der Waals surface area (Å²) < 4.78 is 39.3. The fourth-order valence-corrected chi connectivity index (χ4v) is 3.39. The van der Waals surface area contributed by atoms with Crippen LogP contribution < -0.4 is 5.56 Å². The molecule has 0 saturated heterocycles. The molecule has 1 aliphatic rings. The number of rotatable bonds is 1. The number of alkyl halides is 3. The van der Waals surface area contributed by atoms with Crippen LogP contribution in [0, 0.1) is 0 Å². The zero-order valence-electron chi connectivity index (χ0n) is 14.7. The lowest BCUT2D eigenvalue weighted by molar-refractivity contribution is -0.137. The smallest absolute Gasteiger partial charge is 0.305 e. The highest BCUT2D eigenvalue weighted by Gasteiger charge is 2.34. The molecule has 1 aliphatic heterocycles. The Balaban J connectivity index is 1.93. The van der Waals surface area contributed by atoms with Gasteiger partial charge < -0.3 is 4.98 Å². The third kappa shape index (κ3) is 3.13. The number of H-pyrrole nitrogens is 1. The molecule has 27 heavy (non-hydrogen) atoms. The van der Waals surface area contributed by atoms with Gasteiger partial charge in [0.2, 0.25) is 0 Å². The molecule has 0 atom stereocenters. The average Bonchev–Trinajstić information content (AvgIpc) is 2.59. The van der Waals surface area contributed by atoms with E-state index in [1.807, 2.05) is 13.8 Å². The minimum Gasteiger partial charge on any atom is -0.305 e. The van der Waals surface area contributed by atoms with E-state index < -0.39 is 17.3 Å². The molecule has 0 aliphatic carbocycles. The quantitative estimate of drug-likeness (QED) is 0.700. The number of aromatic nitrogens is 2. The molecule has 0 saturated carbocycles. The van der Waals surface area contributed by atoms with Gasteiger partial charge >= 0.3 is 6.18 Å². The molecule has 2 heterocycles. The Morgan fingerprint density at radius 1 is 1.11 bits per heavy atom. The fraction of sp³-hybridized carbons (Fsp3) is 0.250. The van der Waals surface area contributed by atoms with E-state index in [4.69, 9.17) is 0 Å². The molecule has 2 aromatic carbocycles. The molecule has 0 fully saturated rings. The van der Waals surface area contributed by atoms with Crippen LogP contribution in [0.2, 0.25) is 0 Å². The predicted molar refractivity (Wildman–Crippen MR) is 97.2 cm³/mol. The van der Waals surface area contributed by atoms with E-state index in [0.29, 0.717) is 34.2 Å². The number of hydrogen-bond donors (Lipinski definition) is 1. The molecular weight excluding hydrogens is 355 g/mol. The van der Waals surface area contributed by atoms with E-state index in [0.717, 1.165) is 12.1 Å². The maximum absolute atomic E-state index is 13.1. The zero-order chi connectivity index (χ0) is 19.4. The summed E-state index contributed by atoms with van der Waals surface area (Å²) in [6, 6.07) is 10.5. The van der Waals surface area contributed by atoms with Crippen LogP contribution in [-0.4, -0.2) is 21.2 Å². The minimum atomic E-state index is -4.41. The SMILES string of the molecule is CC1(C)Cc2cc(C(F)(F)F)ccc2C(c2nc3ccccc3c(=O)[nH]2)=N1. The number of para-hydroxylation sites is 1. The maximum atomic E-state index is 13.1. The number of fused-ring (bicyclic) bond motifs is 2. The van der Waals surface area contributed by atoms with Gasteiger partial charge in [-0.25, -0.2) is 4.98 Å². The normalized spacial score (nSPS) is 16.1. The van der Waals surface area contributed by atoms with Gasteiger partial charge in [-0.3, -0.25) is 9.79 Å². The monoisotopic (exact) mass is 371 g/mol. The lowest BCUT2D eigenvalue weighted by atomic mass is 9.85. The molecule has 3 aromatic rings. The Labute approximate surface area is 152 Å². The highest BCUT2D eigenvalue weighted by molar-refractivity contribution is 6.13. The van der Waals surface area contributed by atoms with Gasteiger partial charge in [-0.05, 0) is 50.1 Å². The summed E-state index contributed by atoms with van der Waals surface area (Å²) >= 11 is 0. The molecule has 0 unspecified atom stereocenters. The molecule has 0 bridgehead atoms. The predicted octanol–water partition coefficient (Wildman–Crippen LogP) is 4.11. The highest BCUT2D eigenvalue weighted by Crippen LogP contribution is 2.35. The van der Waals surface area contributed by atoms with Gasteiger partial charge in [0.25, 0.3) is 5.56 Å². The third-order valence-corrected chi connectivity index (χ3v) is 4.56. The lowest BCUT2D eigenvalue weighted by Gasteiger charge is -2.29. The van der Waals surface area contributed by atoms with Gasteiger partial charge in [0.05, 0.1) is 22.0 Å². The van der Waals surface area contributed by atoms with E-state index in [2.05, 4.69) is 15.0 Å². The fourth-order valence-electron chi connectivity index (χ4n) is 3.39. The Hall–Kier alpha value is -2.96. The summed E-state index contributed by atoms with van der Waals surface area (Å²) in [6.45, 7) is 3.69. The molecule has 0 spiro atoms. The summed E-state index contributed by atoms with van der Waals surface area (Å²) in [6.07, 6.45) is -4.04. The number of nitrogens with zero attached hydrogens (tertiary/aromatic N) is 2. The topological polar surface area (TPSA) is 58.1 Å². The number of hydrogen-bond acceptors (Lipinski definition) is 3.